The third-order valence-electron chi connectivity index (χ3n) is 4.03. The molecule has 8 heteroatoms. The van der Waals surface area contributed by atoms with Gasteiger partial charge in [0.25, 0.3) is 0 Å². The lowest BCUT2D eigenvalue weighted by atomic mass is 10.2. The second-order valence-corrected chi connectivity index (χ2v) is 9.01. The van der Waals surface area contributed by atoms with Crippen molar-refractivity contribution in [1.82, 2.24) is 4.31 Å². The summed E-state index contributed by atoms with van der Waals surface area (Å²) >= 11 is 0. The first-order valence-electron chi connectivity index (χ1n) is 9.75. The number of ether oxygens (including phenoxy) is 2. The Hall–Kier alpha value is -1.67. The average molecular weight is 418 g/mol. The fourth-order valence-electron chi connectivity index (χ4n) is 2.28. The van der Waals surface area contributed by atoms with Gasteiger partial charge in [0.05, 0.1) is 19.0 Å². The van der Waals surface area contributed by atoms with Crippen LogP contribution in [0, 0.1) is 0 Å². The molecule has 0 spiro atoms. The van der Waals surface area contributed by atoms with Gasteiger partial charge in [-0.25, -0.2) is 22.3 Å². The molecule has 0 aliphatic rings. The molecule has 0 N–H and O–H groups in total. The van der Waals surface area contributed by atoms with E-state index in [1.165, 1.54) is 4.31 Å². The van der Waals surface area contributed by atoms with Crippen LogP contribution in [0.1, 0.15) is 59.3 Å². The number of sulfonamides is 1. The highest BCUT2D eigenvalue weighted by Gasteiger charge is 2.18. The Kier molecular flexibility index (Phi) is 13.5. The van der Waals surface area contributed by atoms with Crippen LogP contribution in [0.5, 0.6) is 0 Å². The molecule has 0 heterocycles. The van der Waals surface area contributed by atoms with E-state index in [1.807, 2.05) is 0 Å². The highest BCUT2D eigenvalue weighted by Crippen LogP contribution is 2.09. The Morgan fingerprint density at radius 1 is 0.786 bits per heavy atom. The van der Waals surface area contributed by atoms with E-state index < -0.39 is 22.0 Å². The predicted octanol–water partition coefficient (Wildman–Crippen LogP) is 3.22. The lowest BCUT2D eigenvalue weighted by Crippen LogP contribution is -2.34. The number of carbonyl (C=O) groups is 2. The minimum Gasteiger partial charge on any atom is -0.462 e. The number of unbranched alkanes of at least 4 members (excludes halogenated alkanes) is 4. The monoisotopic (exact) mass is 417 g/mol. The van der Waals surface area contributed by atoms with Gasteiger partial charge in [0.2, 0.25) is 10.0 Å². The molecule has 0 bridgehead atoms. The molecule has 0 aromatic carbocycles. The average Bonchev–Trinajstić information content (AvgIpc) is 2.64. The Morgan fingerprint density at radius 3 is 1.50 bits per heavy atom. The van der Waals surface area contributed by atoms with Crippen LogP contribution in [0.2, 0.25) is 0 Å². The van der Waals surface area contributed by atoms with E-state index in [1.54, 1.807) is 20.8 Å². The second-order valence-electron chi connectivity index (χ2n) is 6.75. The smallest absolute Gasteiger partial charge is 0.333 e. The summed E-state index contributed by atoms with van der Waals surface area (Å²) in [4.78, 5) is 22.6. The van der Waals surface area contributed by atoms with E-state index in [4.69, 9.17) is 9.47 Å². The number of hydrogen-bond donors (Lipinski definition) is 0. The number of esters is 2. The van der Waals surface area contributed by atoms with E-state index in [0.29, 0.717) is 63.1 Å². The summed E-state index contributed by atoms with van der Waals surface area (Å²) in [5, 5.41) is 0. The predicted molar refractivity (Wildman–Crippen MR) is 110 cm³/mol. The third-order valence-corrected chi connectivity index (χ3v) is 5.91. The fourth-order valence-corrected chi connectivity index (χ4v) is 3.46. The van der Waals surface area contributed by atoms with Gasteiger partial charge >= 0.3 is 11.9 Å². The number of rotatable bonds is 16. The SMILES string of the molecule is C=C(C)C(=O)OCCCCCN(CCCCCOC(=O)C(=C)C)S(=O)(=O)CC. The minimum atomic E-state index is -3.26. The fraction of sp³-hybridized carbons (Fsp3) is 0.700. The largest absolute Gasteiger partial charge is 0.462 e. The van der Waals surface area contributed by atoms with Gasteiger partial charge in [-0.3, -0.25) is 0 Å². The molecule has 0 aliphatic heterocycles. The summed E-state index contributed by atoms with van der Waals surface area (Å²) in [5.41, 5.74) is 0.740. The van der Waals surface area contributed by atoms with Gasteiger partial charge in [0.1, 0.15) is 0 Å². The molecule has 7 nitrogen and oxygen atoms in total. The topological polar surface area (TPSA) is 90.0 Å². The van der Waals surface area contributed by atoms with Gasteiger partial charge in [-0.1, -0.05) is 13.2 Å². The van der Waals surface area contributed by atoms with Crippen LogP contribution in [0.25, 0.3) is 0 Å². The number of nitrogens with zero attached hydrogens (tertiary/aromatic N) is 1. The van der Waals surface area contributed by atoms with Crippen molar-refractivity contribution >= 4 is 22.0 Å². The maximum absolute atomic E-state index is 12.2. The number of hydrogen-bond acceptors (Lipinski definition) is 6. The van der Waals surface area contributed by atoms with Crippen molar-refractivity contribution in [2.24, 2.45) is 0 Å². The molecule has 0 unspecified atom stereocenters. The van der Waals surface area contributed by atoms with Gasteiger partial charge in [-0.2, -0.15) is 0 Å². The second kappa shape index (κ2) is 14.3. The molecule has 0 fully saturated rings. The molecule has 0 aromatic rings. The third kappa shape index (κ3) is 11.9. The first kappa shape index (κ1) is 26.3. The summed E-state index contributed by atoms with van der Waals surface area (Å²) in [6, 6.07) is 0. The molecule has 0 saturated carbocycles. The summed E-state index contributed by atoms with van der Waals surface area (Å²) in [5.74, 6) is -0.729. The van der Waals surface area contributed by atoms with E-state index in [2.05, 4.69) is 13.2 Å². The van der Waals surface area contributed by atoms with Gasteiger partial charge in [0, 0.05) is 24.2 Å². The zero-order chi connectivity index (χ0) is 21.6. The zero-order valence-electron chi connectivity index (χ0n) is 17.5. The lowest BCUT2D eigenvalue weighted by Gasteiger charge is -2.21. The van der Waals surface area contributed by atoms with Crippen LogP contribution in [0.4, 0.5) is 0 Å². The molecule has 0 saturated heterocycles. The van der Waals surface area contributed by atoms with Crippen molar-refractivity contribution < 1.29 is 27.5 Å². The molecular weight excluding hydrogens is 382 g/mol. The van der Waals surface area contributed by atoms with E-state index in [-0.39, 0.29) is 5.75 Å². The zero-order valence-corrected chi connectivity index (χ0v) is 18.3. The molecule has 28 heavy (non-hydrogen) atoms. The normalized spacial score (nSPS) is 11.3. The summed E-state index contributed by atoms with van der Waals surface area (Å²) < 4.78 is 36.0. The van der Waals surface area contributed by atoms with Crippen LogP contribution in [0.3, 0.4) is 0 Å². The highest BCUT2D eigenvalue weighted by atomic mass is 32.2. The molecule has 0 atom stereocenters. The molecular formula is C20H35NO6S. The van der Waals surface area contributed by atoms with Crippen LogP contribution < -0.4 is 0 Å². The quantitative estimate of drug-likeness (QED) is 0.218. The lowest BCUT2D eigenvalue weighted by molar-refractivity contribution is -0.139. The maximum atomic E-state index is 12.2. The Balaban J connectivity index is 4.12. The first-order valence-corrected chi connectivity index (χ1v) is 11.4. The summed E-state index contributed by atoms with van der Waals surface area (Å²) in [6.07, 6.45) is 4.34. The molecule has 0 radical (unpaired) electrons. The van der Waals surface area contributed by atoms with E-state index >= 15 is 0 Å². The highest BCUT2D eigenvalue weighted by molar-refractivity contribution is 7.89. The van der Waals surface area contributed by atoms with Crippen molar-refractivity contribution in [3.8, 4) is 0 Å². The van der Waals surface area contributed by atoms with Gasteiger partial charge in [-0.15, -0.1) is 0 Å². The Bertz CT molecular complexity index is 589. The molecule has 0 aromatic heterocycles. The Morgan fingerprint density at radius 2 is 1.18 bits per heavy atom. The van der Waals surface area contributed by atoms with E-state index in [9.17, 15) is 18.0 Å². The maximum Gasteiger partial charge on any atom is 0.333 e. The summed E-state index contributed by atoms with van der Waals surface area (Å²) in [7, 11) is -3.26. The van der Waals surface area contributed by atoms with Crippen LogP contribution in [-0.2, 0) is 29.1 Å². The number of carbonyl (C=O) groups excluding carboxylic acids is 2. The van der Waals surface area contributed by atoms with Crippen LogP contribution in [-0.4, -0.2) is 56.7 Å². The van der Waals surface area contributed by atoms with Crippen LogP contribution in [0.15, 0.2) is 24.3 Å². The first-order chi connectivity index (χ1) is 13.1. The molecule has 162 valence electrons. The van der Waals surface area contributed by atoms with Gasteiger partial charge < -0.3 is 9.47 Å². The van der Waals surface area contributed by atoms with Crippen molar-refractivity contribution in [3.05, 3.63) is 24.3 Å². The van der Waals surface area contributed by atoms with Crippen molar-refractivity contribution in [1.29, 1.82) is 0 Å². The van der Waals surface area contributed by atoms with Crippen LogP contribution >= 0.6 is 0 Å². The molecule has 0 amide bonds. The van der Waals surface area contributed by atoms with Crippen molar-refractivity contribution in [3.63, 3.8) is 0 Å². The molecule has 0 rings (SSSR count). The molecule has 0 aliphatic carbocycles. The minimum absolute atomic E-state index is 0.0689. The van der Waals surface area contributed by atoms with E-state index in [0.717, 1.165) is 12.8 Å². The summed E-state index contributed by atoms with van der Waals surface area (Å²) in [6.45, 7) is 13.4. The standard InChI is InChI=1S/C20H35NO6S/c1-6-28(24,25)21(13-9-7-11-15-26-19(22)17(2)3)14-10-8-12-16-27-20(23)18(4)5/h2,4,6-16H2,1,3,5H3. The Labute approximate surface area is 169 Å². The van der Waals surface area contributed by atoms with Gasteiger partial charge in [0.15, 0.2) is 0 Å². The van der Waals surface area contributed by atoms with Gasteiger partial charge in [-0.05, 0) is 59.3 Å². The van der Waals surface area contributed by atoms with Crippen molar-refractivity contribution in [2.45, 2.75) is 59.3 Å². The van der Waals surface area contributed by atoms with Crippen molar-refractivity contribution in [2.75, 3.05) is 32.1 Å².